The Labute approximate surface area is 148 Å². The maximum Gasteiger partial charge on any atom is 0.229 e. The molecule has 0 amide bonds. The van der Waals surface area contributed by atoms with Gasteiger partial charge in [-0.25, -0.2) is 13.8 Å². The van der Waals surface area contributed by atoms with E-state index in [0.717, 1.165) is 17.3 Å². The van der Waals surface area contributed by atoms with E-state index in [1.165, 1.54) is 12.1 Å². The van der Waals surface area contributed by atoms with E-state index < -0.39 is 11.6 Å². The first-order valence-electron chi connectivity index (χ1n) is 7.51. The van der Waals surface area contributed by atoms with Crippen molar-refractivity contribution in [3.63, 3.8) is 0 Å². The number of aromatic nitrogens is 2. The lowest BCUT2D eigenvalue weighted by Crippen LogP contribution is -2.04. The molecule has 0 bridgehead atoms. The Morgan fingerprint density at radius 2 is 1.68 bits per heavy atom. The molecule has 0 aliphatic heterocycles. The summed E-state index contributed by atoms with van der Waals surface area (Å²) in [5.41, 5.74) is 2.57. The summed E-state index contributed by atoms with van der Waals surface area (Å²) >= 11 is 6.02. The van der Waals surface area contributed by atoms with Crippen LogP contribution in [-0.4, -0.2) is 9.97 Å². The van der Waals surface area contributed by atoms with E-state index in [4.69, 9.17) is 11.6 Å². The first-order valence-corrected chi connectivity index (χ1v) is 7.89. The van der Waals surface area contributed by atoms with Gasteiger partial charge in [-0.3, -0.25) is 0 Å². The molecule has 0 unspecified atom stereocenters. The van der Waals surface area contributed by atoms with E-state index in [1.54, 1.807) is 25.1 Å². The third kappa shape index (κ3) is 4.22. The van der Waals surface area contributed by atoms with E-state index in [-0.39, 0.29) is 5.69 Å². The van der Waals surface area contributed by atoms with Crippen LogP contribution in [0.15, 0.2) is 42.5 Å². The smallest absolute Gasteiger partial charge is 0.229 e. The molecule has 3 rings (SSSR count). The van der Waals surface area contributed by atoms with Crippen LogP contribution < -0.4 is 10.6 Å². The number of anilines is 4. The quantitative estimate of drug-likeness (QED) is 0.644. The fourth-order valence-corrected chi connectivity index (χ4v) is 2.44. The summed E-state index contributed by atoms with van der Waals surface area (Å²) in [6.07, 6.45) is 0. The van der Waals surface area contributed by atoms with Gasteiger partial charge in [0.25, 0.3) is 0 Å². The van der Waals surface area contributed by atoms with Gasteiger partial charge in [0.1, 0.15) is 17.5 Å². The molecular weight excluding hydrogens is 346 g/mol. The molecular formula is C18H15ClF2N4. The Hall–Kier alpha value is -2.73. The number of hydrogen-bond acceptors (Lipinski definition) is 4. The monoisotopic (exact) mass is 360 g/mol. The number of halogens is 3. The number of rotatable bonds is 4. The number of aryl methyl sites for hydroxylation is 2. The van der Waals surface area contributed by atoms with E-state index in [2.05, 4.69) is 20.6 Å². The second kappa shape index (κ2) is 7.03. The van der Waals surface area contributed by atoms with E-state index >= 15 is 0 Å². The Morgan fingerprint density at radius 1 is 0.880 bits per heavy atom. The molecule has 0 radical (unpaired) electrons. The summed E-state index contributed by atoms with van der Waals surface area (Å²) in [4.78, 5) is 8.64. The van der Waals surface area contributed by atoms with Crippen LogP contribution in [0.1, 0.15) is 11.3 Å². The molecule has 0 aliphatic carbocycles. The van der Waals surface area contributed by atoms with Crippen LogP contribution in [0.2, 0.25) is 5.02 Å². The molecule has 2 aromatic carbocycles. The first kappa shape index (κ1) is 17.1. The number of hydrogen-bond donors (Lipinski definition) is 2. The molecule has 1 aromatic heterocycles. The van der Waals surface area contributed by atoms with Gasteiger partial charge >= 0.3 is 0 Å². The zero-order valence-electron chi connectivity index (χ0n) is 13.6. The number of benzene rings is 2. The summed E-state index contributed by atoms with van der Waals surface area (Å²) in [6.45, 7) is 3.73. The van der Waals surface area contributed by atoms with Crippen molar-refractivity contribution in [1.29, 1.82) is 0 Å². The van der Waals surface area contributed by atoms with Crippen LogP contribution in [0.5, 0.6) is 0 Å². The molecule has 1 heterocycles. The third-order valence-electron chi connectivity index (χ3n) is 3.49. The Kier molecular flexibility index (Phi) is 4.81. The topological polar surface area (TPSA) is 49.8 Å². The van der Waals surface area contributed by atoms with Crippen LogP contribution in [0.3, 0.4) is 0 Å². The molecule has 128 valence electrons. The van der Waals surface area contributed by atoms with E-state index in [9.17, 15) is 8.78 Å². The maximum atomic E-state index is 13.8. The predicted octanol–water partition coefficient (Wildman–Crippen LogP) is 5.51. The van der Waals surface area contributed by atoms with Crippen LogP contribution in [0.25, 0.3) is 0 Å². The van der Waals surface area contributed by atoms with Crippen molar-refractivity contribution < 1.29 is 8.78 Å². The lowest BCUT2D eigenvalue weighted by molar-refractivity contribution is 0.586. The van der Waals surface area contributed by atoms with Crippen LogP contribution >= 0.6 is 11.6 Å². The van der Waals surface area contributed by atoms with E-state index in [1.807, 2.05) is 13.0 Å². The highest BCUT2D eigenvalue weighted by atomic mass is 35.5. The van der Waals surface area contributed by atoms with Crippen LogP contribution in [0.4, 0.5) is 31.9 Å². The van der Waals surface area contributed by atoms with Gasteiger partial charge < -0.3 is 10.6 Å². The van der Waals surface area contributed by atoms with Gasteiger partial charge in [-0.2, -0.15) is 4.98 Å². The molecule has 0 saturated heterocycles. The summed E-state index contributed by atoms with van der Waals surface area (Å²) in [7, 11) is 0. The summed E-state index contributed by atoms with van der Waals surface area (Å²) in [5.74, 6) is -0.604. The molecule has 3 aromatic rings. The maximum absolute atomic E-state index is 13.8. The summed E-state index contributed by atoms with van der Waals surface area (Å²) in [5, 5.41) is 6.53. The minimum absolute atomic E-state index is 0.129. The van der Waals surface area contributed by atoms with Gasteiger partial charge in [0, 0.05) is 28.5 Å². The fourth-order valence-electron chi connectivity index (χ4n) is 2.27. The predicted molar refractivity (Wildman–Crippen MR) is 95.9 cm³/mol. The lowest BCUT2D eigenvalue weighted by atomic mass is 10.2. The molecule has 25 heavy (non-hydrogen) atoms. The minimum Gasteiger partial charge on any atom is -0.338 e. The van der Waals surface area contributed by atoms with Crippen molar-refractivity contribution in [3.05, 3.63) is 70.4 Å². The molecule has 0 aliphatic rings. The van der Waals surface area contributed by atoms with Crippen molar-refractivity contribution in [1.82, 2.24) is 9.97 Å². The average molecular weight is 361 g/mol. The molecule has 0 fully saturated rings. The normalized spacial score (nSPS) is 10.6. The molecule has 7 heteroatoms. The van der Waals surface area contributed by atoms with Gasteiger partial charge in [0.2, 0.25) is 5.95 Å². The van der Waals surface area contributed by atoms with Crippen LogP contribution in [-0.2, 0) is 0 Å². The van der Waals surface area contributed by atoms with Gasteiger partial charge in [-0.15, -0.1) is 0 Å². The standard InChI is InChI=1S/C18H15ClF2N4/c1-10-3-4-12(19)8-16(10)24-18-22-11(2)7-17(25-18)23-15-6-5-13(20)9-14(15)21/h3-9H,1-2H3,(H2,22,23,24,25). The third-order valence-corrected chi connectivity index (χ3v) is 3.73. The first-order chi connectivity index (χ1) is 11.9. The molecule has 0 atom stereocenters. The van der Waals surface area contributed by atoms with Gasteiger partial charge in [0.15, 0.2) is 0 Å². The minimum atomic E-state index is -0.698. The zero-order valence-corrected chi connectivity index (χ0v) is 14.3. The highest BCUT2D eigenvalue weighted by Gasteiger charge is 2.08. The van der Waals surface area contributed by atoms with E-state index in [0.29, 0.717) is 22.5 Å². The largest absolute Gasteiger partial charge is 0.338 e. The van der Waals surface area contributed by atoms with Gasteiger partial charge in [0.05, 0.1) is 5.69 Å². The Balaban J connectivity index is 1.89. The van der Waals surface area contributed by atoms with Crippen molar-refractivity contribution in [2.24, 2.45) is 0 Å². The lowest BCUT2D eigenvalue weighted by Gasteiger charge is -2.12. The highest BCUT2D eigenvalue weighted by molar-refractivity contribution is 6.30. The second-order valence-electron chi connectivity index (χ2n) is 5.55. The average Bonchev–Trinajstić information content (AvgIpc) is 2.53. The van der Waals surface area contributed by atoms with Crippen molar-refractivity contribution in [2.45, 2.75) is 13.8 Å². The van der Waals surface area contributed by atoms with Gasteiger partial charge in [-0.1, -0.05) is 17.7 Å². The number of nitrogens with zero attached hydrogens (tertiary/aromatic N) is 2. The second-order valence-corrected chi connectivity index (χ2v) is 5.99. The van der Waals surface area contributed by atoms with Crippen LogP contribution in [0, 0.1) is 25.5 Å². The molecule has 0 saturated carbocycles. The molecule has 4 nitrogen and oxygen atoms in total. The fraction of sp³-hybridized carbons (Fsp3) is 0.111. The molecule has 2 N–H and O–H groups in total. The number of nitrogens with one attached hydrogen (secondary N) is 2. The van der Waals surface area contributed by atoms with Crippen molar-refractivity contribution in [3.8, 4) is 0 Å². The Bertz CT molecular complexity index is 931. The summed E-state index contributed by atoms with van der Waals surface area (Å²) in [6, 6.07) is 10.4. The van der Waals surface area contributed by atoms with Crippen molar-refractivity contribution >= 4 is 34.7 Å². The van der Waals surface area contributed by atoms with Crippen molar-refractivity contribution in [2.75, 3.05) is 10.6 Å². The zero-order chi connectivity index (χ0) is 18.0. The molecule has 0 spiro atoms. The SMILES string of the molecule is Cc1cc(Nc2ccc(F)cc2F)nc(Nc2cc(Cl)ccc2C)n1. The Morgan fingerprint density at radius 3 is 2.44 bits per heavy atom. The van der Waals surface area contributed by atoms with Gasteiger partial charge in [-0.05, 0) is 43.7 Å². The highest BCUT2D eigenvalue weighted by Crippen LogP contribution is 2.25. The summed E-state index contributed by atoms with van der Waals surface area (Å²) < 4.78 is 26.8.